The van der Waals surface area contributed by atoms with Crippen LogP contribution in [0.5, 0.6) is 0 Å². The third-order valence-electron chi connectivity index (χ3n) is 3.93. The largest absolute Gasteiger partial charge is 0.379 e. The molecule has 1 amide bonds. The van der Waals surface area contributed by atoms with E-state index >= 15 is 0 Å². The van der Waals surface area contributed by atoms with Crippen molar-refractivity contribution in [1.82, 2.24) is 15.3 Å². The molecule has 1 aliphatic heterocycles. The van der Waals surface area contributed by atoms with Gasteiger partial charge in [-0.25, -0.2) is 4.98 Å². The van der Waals surface area contributed by atoms with E-state index in [2.05, 4.69) is 15.3 Å². The van der Waals surface area contributed by atoms with Gasteiger partial charge in [0.15, 0.2) is 0 Å². The highest BCUT2D eigenvalue weighted by atomic mass is 16.5. The molecule has 2 heterocycles. The normalized spacial score (nSPS) is 20.5. The Bertz CT molecular complexity index is 661. The average molecular weight is 327 g/mol. The number of aromatic nitrogens is 2. The molecule has 1 saturated heterocycles. The van der Waals surface area contributed by atoms with Gasteiger partial charge in [-0.15, -0.1) is 0 Å². The summed E-state index contributed by atoms with van der Waals surface area (Å²) < 4.78 is 11.5. The molecule has 2 atom stereocenters. The number of hydrogen-bond donors (Lipinski definition) is 1. The van der Waals surface area contributed by atoms with Crippen LogP contribution in [0, 0.1) is 6.92 Å². The molecule has 1 aromatic heterocycles. The lowest BCUT2D eigenvalue weighted by Crippen LogP contribution is -2.50. The highest BCUT2D eigenvalue weighted by Crippen LogP contribution is 2.15. The van der Waals surface area contributed by atoms with Crippen molar-refractivity contribution in [3.05, 3.63) is 59.7 Å². The van der Waals surface area contributed by atoms with Crippen molar-refractivity contribution < 1.29 is 14.3 Å². The first-order valence-corrected chi connectivity index (χ1v) is 8.05. The Labute approximate surface area is 141 Å². The van der Waals surface area contributed by atoms with E-state index in [1.807, 2.05) is 37.3 Å². The quantitative estimate of drug-likeness (QED) is 0.908. The molecule has 3 rings (SSSR count). The molecule has 2 aromatic rings. The first-order valence-electron chi connectivity index (χ1n) is 8.05. The molecular formula is C18H21N3O3. The molecule has 0 aliphatic carbocycles. The summed E-state index contributed by atoms with van der Waals surface area (Å²) in [6, 6.07) is 9.79. The van der Waals surface area contributed by atoms with E-state index in [1.165, 1.54) is 6.20 Å². The maximum absolute atomic E-state index is 12.3. The molecular weight excluding hydrogens is 306 g/mol. The smallest absolute Gasteiger partial charge is 0.271 e. The summed E-state index contributed by atoms with van der Waals surface area (Å²) in [5.41, 5.74) is 2.18. The van der Waals surface area contributed by atoms with Crippen molar-refractivity contribution in [1.29, 1.82) is 0 Å². The minimum Gasteiger partial charge on any atom is -0.379 e. The number of aryl methyl sites for hydroxylation is 1. The minimum absolute atomic E-state index is 0.0821. The third-order valence-corrected chi connectivity index (χ3v) is 3.93. The fraction of sp³-hybridized carbons (Fsp3) is 0.389. The van der Waals surface area contributed by atoms with Gasteiger partial charge in [-0.05, 0) is 18.9 Å². The summed E-state index contributed by atoms with van der Waals surface area (Å²) in [6.07, 6.45) is 3.72. The lowest BCUT2D eigenvalue weighted by molar-refractivity contribution is -0.0605. The summed E-state index contributed by atoms with van der Waals surface area (Å²) in [6.45, 7) is 3.42. The Morgan fingerprint density at radius 2 is 2.12 bits per heavy atom. The molecule has 0 radical (unpaired) electrons. The number of carbonyl (C=O) groups is 1. The van der Waals surface area contributed by atoms with Gasteiger partial charge in [-0.1, -0.05) is 30.3 Å². The van der Waals surface area contributed by atoms with Gasteiger partial charge in [0.25, 0.3) is 5.91 Å². The summed E-state index contributed by atoms with van der Waals surface area (Å²) in [7, 11) is 0. The second kappa shape index (κ2) is 7.99. The molecule has 1 aliphatic rings. The SMILES string of the molecule is Cc1cnc(C(=O)N[C@@H]2COCC[C@@H]2OCc2ccccc2)cn1. The summed E-state index contributed by atoms with van der Waals surface area (Å²) >= 11 is 0. The van der Waals surface area contributed by atoms with Crippen LogP contribution in [0.1, 0.15) is 28.2 Å². The van der Waals surface area contributed by atoms with E-state index < -0.39 is 0 Å². The van der Waals surface area contributed by atoms with Crippen LogP contribution in [0.4, 0.5) is 0 Å². The van der Waals surface area contributed by atoms with E-state index in [1.54, 1.807) is 6.20 Å². The predicted molar refractivity (Wildman–Crippen MR) is 88.5 cm³/mol. The van der Waals surface area contributed by atoms with Crippen molar-refractivity contribution in [2.45, 2.75) is 32.1 Å². The standard InChI is InChI=1S/C18H21N3O3/c1-13-9-20-15(10-19-13)18(22)21-16-12-23-8-7-17(16)24-11-14-5-3-2-4-6-14/h2-6,9-10,16-17H,7-8,11-12H2,1H3,(H,21,22)/t16-,17+/m1/s1. The van der Waals surface area contributed by atoms with Gasteiger partial charge < -0.3 is 14.8 Å². The van der Waals surface area contributed by atoms with Gasteiger partial charge in [-0.3, -0.25) is 9.78 Å². The zero-order valence-electron chi connectivity index (χ0n) is 13.6. The minimum atomic E-state index is -0.258. The number of nitrogens with zero attached hydrogens (tertiary/aromatic N) is 2. The first kappa shape index (κ1) is 16.5. The monoisotopic (exact) mass is 327 g/mol. The Balaban J connectivity index is 1.59. The molecule has 0 spiro atoms. The number of rotatable bonds is 5. The van der Waals surface area contributed by atoms with E-state index in [9.17, 15) is 4.79 Å². The van der Waals surface area contributed by atoms with Crippen molar-refractivity contribution in [3.63, 3.8) is 0 Å². The molecule has 1 N–H and O–H groups in total. The van der Waals surface area contributed by atoms with E-state index in [-0.39, 0.29) is 18.1 Å². The van der Waals surface area contributed by atoms with Crippen molar-refractivity contribution >= 4 is 5.91 Å². The second-order valence-corrected chi connectivity index (χ2v) is 5.82. The fourth-order valence-corrected chi connectivity index (χ4v) is 2.58. The van der Waals surface area contributed by atoms with Crippen LogP contribution < -0.4 is 5.32 Å². The molecule has 0 unspecified atom stereocenters. The van der Waals surface area contributed by atoms with Crippen LogP contribution in [-0.2, 0) is 16.1 Å². The number of hydrogen-bond acceptors (Lipinski definition) is 5. The lowest BCUT2D eigenvalue weighted by Gasteiger charge is -2.32. The third kappa shape index (κ3) is 4.37. The van der Waals surface area contributed by atoms with E-state index in [0.717, 1.165) is 17.7 Å². The molecule has 126 valence electrons. The summed E-state index contributed by atoms with van der Waals surface area (Å²) in [4.78, 5) is 20.5. The average Bonchev–Trinajstić information content (AvgIpc) is 2.62. The highest BCUT2D eigenvalue weighted by molar-refractivity contribution is 5.92. The number of benzene rings is 1. The van der Waals surface area contributed by atoms with Gasteiger partial charge >= 0.3 is 0 Å². The van der Waals surface area contributed by atoms with Crippen molar-refractivity contribution in [3.8, 4) is 0 Å². The molecule has 24 heavy (non-hydrogen) atoms. The van der Waals surface area contributed by atoms with Gasteiger partial charge in [0, 0.05) is 12.8 Å². The van der Waals surface area contributed by atoms with Crippen LogP contribution in [-0.4, -0.2) is 41.2 Å². The first-order chi connectivity index (χ1) is 11.7. The van der Waals surface area contributed by atoms with Crippen LogP contribution in [0.15, 0.2) is 42.7 Å². The maximum Gasteiger partial charge on any atom is 0.271 e. The lowest BCUT2D eigenvalue weighted by atomic mass is 10.1. The zero-order valence-corrected chi connectivity index (χ0v) is 13.6. The Morgan fingerprint density at radius 3 is 2.88 bits per heavy atom. The van der Waals surface area contributed by atoms with Gasteiger partial charge in [-0.2, -0.15) is 0 Å². The van der Waals surface area contributed by atoms with Gasteiger partial charge in [0.2, 0.25) is 0 Å². The second-order valence-electron chi connectivity index (χ2n) is 5.82. The van der Waals surface area contributed by atoms with Crippen molar-refractivity contribution in [2.24, 2.45) is 0 Å². The molecule has 6 heteroatoms. The number of carbonyl (C=O) groups excluding carboxylic acids is 1. The zero-order chi connectivity index (χ0) is 16.8. The van der Waals surface area contributed by atoms with Crippen molar-refractivity contribution in [2.75, 3.05) is 13.2 Å². The number of nitrogens with one attached hydrogen (secondary N) is 1. The Morgan fingerprint density at radius 1 is 1.29 bits per heavy atom. The van der Waals surface area contributed by atoms with Gasteiger partial charge in [0.05, 0.1) is 37.3 Å². The highest BCUT2D eigenvalue weighted by Gasteiger charge is 2.28. The van der Waals surface area contributed by atoms with Crippen LogP contribution in [0.2, 0.25) is 0 Å². The van der Waals surface area contributed by atoms with Crippen LogP contribution >= 0.6 is 0 Å². The number of amides is 1. The van der Waals surface area contributed by atoms with E-state index in [0.29, 0.717) is 25.5 Å². The van der Waals surface area contributed by atoms with E-state index in [4.69, 9.17) is 9.47 Å². The Kier molecular flexibility index (Phi) is 5.51. The van der Waals surface area contributed by atoms with Crippen LogP contribution in [0.25, 0.3) is 0 Å². The molecule has 0 bridgehead atoms. The fourth-order valence-electron chi connectivity index (χ4n) is 2.58. The maximum atomic E-state index is 12.3. The molecule has 0 saturated carbocycles. The number of ether oxygens (including phenoxy) is 2. The Hall–Kier alpha value is -2.31. The van der Waals surface area contributed by atoms with Gasteiger partial charge in [0.1, 0.15) is 5.69 Å². The molecule has 1 aromatic carbocycles. The topological polar surface area (TPSA) is 73.3 Å². The summed E-state index contributed by atoms with van der Waals surface area (Å²) in [5.74, 6) is -0.258. The summed E-state index contributed by atoms with van der Waals surface area (Å²) in [5, 5.41) is 2.95. The molecule has 1 fully saturated rings. The predicted octanol–water partition coefficient (Wildman–Crippen LogP) is 1.89. The molecule has 6 nitrogen and oxygen atoms in total. The van der Waals surface area contributed by atoms with Crippen LogP contribution in [0.3, 0.4) is 0 Å².